The fourth-order valence-electron chi connectivity index (χ4n) is 7.54. The maximum absolute atomic E-state index is 15.2. The lowest BCUT2D eigenvalue weighted by Crippen LogP contribution is -2.24. The maximum atomic E-state index is 15.2. The van der Waals surface area contributed by atoms with E-state index in [2.05, 4.69) is 44.2 Å². The van der Waals surface area contributed by atoms with Gasteiger partial charge in [0.1, 0.15) is 5.82 Å². The average Bonchev–Trinajstić information content (AvgIpc) is 2.89. The summed E-state index contributed by atoms with van der Waals surface area (Å²) in [5, 5.41) is 0. The Balaban J connectivity index is 1.19. The minimum Gasteiger partial charge on any atom is -0.206 e. The highest BCUT2D eigenvalue weighted by Gasteiger charge is 2.30. The van der Waals surface area contributed by atoms with Gasteiger partial charge in [-0.1, -0.05) is 69.5 Å². The molecular formula is C33H45F. The summed E-state index contributed by atoms with van der Waals surface area (Å²) in [5.74, 6) is 4.93. The first-order valence-electron chi connectivity index (χ1n) is 14.5. The molecule has 3 fully saturated rings. The Morgan fingerprint density at radius 1 is 0.647 bits per heavy atom. The zero-order valence-corrected chi connectivity index (χ0v) is 21.6. The molecular weight excluding hydrogens is 415 g/mol. The second kappa shape index (κ2) is 11.0. The first-order valence-corrected chi connectivity index (χ1v) is 14.5. The molecule has 184 valence electrons. The highest BCUT2D eigenvalue weighted by Crippen LogP contribution is 2.44. The molecule has 2 aromatic carbocycles. The lowest BCUT2D eigenvalue weighted by molar-refractivity contribution is 0.165. The van der Waals surface area contributed by atoms with Crippen LogP contribution in [-0.2, 0) is 0 Å². The molecule has 3 aliphatic carbocycles. The fraction of sp³-hybridized carbons (Fsp3) is 0.636. The smallest absolute Gasteiger partial charge is 0.131 e. The Labute approximate surface area is 207 Å². The second-order valence-electron chi connectivity index (χ2n) is 12.1. The fourth-order valence-corrected chi connectivity index (χ4v) is 7.54. The SMILES string of the molecule is CCC1CCC(c2ccc(-c3ccc(C4CCC(C5CCC(C)CC5)CC4)cc3F)cc2)CC1. The molecule has 3 aliphatic rings. The second-order valence-corrected chi connectivity index (χ2v) is 12.1. The Bertz CT molecular complexity index is 904. The van der Waals surface area contributed by atoms with Crippen LogP contribution < -0.4 is 0 Å². The molecule has 0 spiro atoms. The van der Waals surface area contributed by atoms with Crippen molar-refractivity contribution in [3.05, 3.63) is 59.4 Å². The third-order valence-electron chi connectivity index (χ3n) is 10.1. The van der Waals surface area contributed by atoms with E-state index in [4.69, 9.17) is 0 Å². The van der Waals surface area contributed by atoms with Gasteiger partial charge in [-0.2, -0.15) is 0 Å². The predicted molar refractivity (Wildman–Crippen MR) is 143 cm³/mol. The van der Waals surface area contributed by atoms with Gasteiger partial charge in [-0.15, -0.1) is 0 Å². The standard InChI is InChI=1S/C33H45F/c1-3-24-6-10-26(11-7-24)28-16-18-30(19-17-28)32-21-20-31(22-33(32)34)29-14-12-27(13-15-29)25-8-4-23(2)5-9-25/h16-27,29H,3-15H2,1-2H3. The van der Waals surface area contributed by atoms with Crippen molar-refractivity contribution in [1.29, 1.82) is 0 Å². The third-order valence-corrected chi connectivity index (χ3v) is 10.1. The van der Waals surface area contributed by atoms with Crippen LogP contribution in [0.1, 0.15) is 120 Å². The monoisotopic (exact) mass is 460 g/mol. The molecule has 0 nitrogen and oxygen atoms in total. The number of hydrogen-bond donors (Lipinski definition) is 0. The van der Waals surface area contributed by atoms with E-state index in [1.165, 1.54) is 94.6 Å². The highest BCUT2D eigenvalue weighted by molar-refractivity contribution is 5.65. The lowest BCUT2D eigenvalue weighted by Gasteiger charge is -2.37. The van der Waals surface area contributed by atoms with Gasteiger partial charge in [0.2, 0.25) is 0 Å². The van der Waals surface area contributed by atoms with E-state index in [-0.39, 0.29) is 5.82 Å². The van der Waals surface area contributed by atoms with Crippen molar-refractivity contribution < 1.29 is 4.39 Å². The zero-order valence-electron chi connectivity index (χ0n) is 21.6. The van der Waals surface area contributed by atoms with Gasteiger partial charge in [-0.25, -0.2) is 4.39 Å². The van der Waals surface area contributed by atoms with Gasteiger partial charge in [0.15, 0.2) is 0 Å². The summed E-state index contributed by atoms with van der Waals surface area (Å²) < 4.78 is 15.2. The molecule has 0 radical (unpaired) electrons. The summed E-state index contributed by atoms with van der Waals surface area (Å²) in [6.07, 6.45) is 17.6. The number of benzene rings is 2. The van der Waals surface area contributed by atoms with Crippen molar-refractivity contribution in [2.75, 3.05) is 0 Å². The van der Waals surface area contributed by atoms with Crippen LogP contribution in [0, 0.1) is 29.5 Å². The topological polar surface area (TPSA) is 0 Å². The van der Waals surface area contributed by atoms with Crippen molar-refractivity contribution in [3.8, 4) is 11.1 Å². The van der Waals surface area contributed by atoms with Crippen LogP contribution in [0.4, 0.5) is 4.39 Å². The van der Waals surface area contributed by atoms with Gasteiger partial charge >= 0.3 is 0 Å². The van der Waals surface area contributed by atoms with Crippen LogP contribution in [0.3, 0.4) is 0 Å². The van der Waals surface area contributed by atoms with Crippen molar-refractivity contribution in [1.82, 2.24) is 0 Å². The third kappa shape index (κ3) is 5.44. The summed E-state index contributed by atoms with van der Waals surface area (Å²) in [4.78, 5) is 0. The maximum Gasteiger partial charge on any atom is 0.131 e. The molecule has 34 heavy (non-hydrogen) atoms. The van der Waals surface area contributed by atoms with E-state index >= 15 is 4.39 Å². The molecule has 3 saturated carbocycles. The Kier molecular flexibility index (Phi) is 7.77. The van der Waals surface area contributed by atoms with E-state index in [1.807, 2.05) is 12.1 Å². The van der Waals surface area contributed by atoms with Crippen molar-refractivity contribution in [3.63, 3.8) is 0 Å². The molecule has 0 heterocycles. The molecule has 0 N–H and O–H groups in total. The molecule has 0 bridgehead atoms. The van der Waals surface area contributed by atoms with Gasteiger partial charge < -0.3 is 0 Å². The highest BCUT2D eigenvalue weighted by atomic mass is 19.1. The Morgan fingerprint density at radius 2 is 1.18 bits per heavy atom. The molecule has 1 heteroatoms. The summed E-state index contributed by atoms with van der Waals surface area (Å²) in [6, 6.07) is 14.9. The van der Waals surface area contributed by atoms with Gasteiger partial charge in [-0.3, -0.25) is 0 Å². The normalized spacial score (nSPS) is 32.4. The van der Waals surface area contributed by atoms with Crippen LogP contribution in [-0.4, -0.2) is 0 Å². The lowest BCUT2D eigenvalue weighted by atomic mass is 9.68. The Morgan fingerprint density at radius 3 is 1.76 bits per heavy atom. The van der Waals surface area contributed by atoms with Crippen molar-refractivity contribution in [2.24, 2.45) is 23.7 Å². The van der Waals surface area contributed by atoms with E-state index < -0.39 is 0 Å². The molecule has 0 aliphatic heterocycles. The number of hydrogen-bond acceptors (Lipinski definition) is 0. The molecule has 0 saturated heterocycles. The summed E-state index contributed by atoms with van der Waals surface area (Å²) in [7, 11) is 0. The minimum absolute atomic E-state index is 0.0444. The zero-order chi connectivity index (χ0) is 23.5. The summed E-state index contributed by atoms with van der Waals surface area (Å²) in [6.45, 7) is 4.74. The molecule has 0 unspecified atom stereocenters. The molecule has 5 rings (SSSR count). The molecule has 0 atom stereocenters. The van der Waals surface area contributed by atoms with E-state index in [9.17, 15) is 0 Å². The van der Waals surface area contributed by atoms with Crippen molar-refractivity contribution in [2.45, 2.75) is 109 Å². The van der Waals surface area contributed by atoms with Crippen LogP contribution in [0.25, 0.3) is 11.1 Å². The van der Waals surface area contributed by atoms with Crippen LogP contribution in [0.15, 0.2) is 42.5 Å². The van der Waals surface area contributed by atoms with E-state index in [0.29, 0.717) is 11.8 Å². The van der Waals surface area contributed by atoms with Crippen LogP contribution >= 0.6 is 0 Å². The molecule has 2 aromatic rings. The van der Waals surface area contributed by atoms with Gasteiger partial charge in [0, 0.05) is 5.56 Å². The minimum atomic E-state index is -0.0444. The molecule has 0 amide bonds. The number of rotatable bonds is 5. The van der Waals surface area contributed by atoms with Crippen LogP contribution in [0.2, 0.25) is 0 Å². The predicted octanol–water partition coefficient (Wildman–Crippen LogP) is 10.3. The number of halogens is 1. The van der Waals surface area contributed by atoms with Gasteiger partial charge in [0.25, 0.3) is 0 Å². The average molecular weight is 461 g/mol. The Hall–Kier alpha value is -1.63. The van der Waals surface area contributed by atoms with Crippen LogP contribution in [0.5, 0.6) is 0 Å². The summed E-state index contributed by atoms with van der Waals surface area (Å²) in [5.41, 5.74) is 4.45. The summed E-state index contributed by atoms with van der Waals surface area (Å²) >= 11 is 0. The quantitative estimate of drug-likeness (QED) is 0.416. The van der Waals surface area contributed by atoms with Gasteiger partial charge in [-0.05, 0) is 122 Å². The van der Waals surface area contributed by atoms with E-state index in [1.54, 1.807) is 0 Å². The largest absolute Gasteiger partial charge is 0.206 e. The first kappa shape index (κ1) is 24.1. The molecule has 0 aromatic heterocycles. The van der Waals surface area contributed by atoms with Crippen molar-refractivity contribution >= 4 is 0 Å². The van der Waals surface area contributed by atoms with E-state index in [0.717, 1.165) is 34.8 Å². The first-order chi connectivity index (χ1) is 16.6. The van der Waals surface area contributed by atoms with Gasteiger partial charge in [0.05, 0.1) is 0 Å².